The second-order valence-corrected chi connectivity index (χ2v) is 21.7. The van der Waals surface area contributed by atoms with Crippen molar-refractivity contribution in [3.8, 4) is 11.1 Å². The van der Waals surface area contributed by atoms with Gasteiger partial charge in [-0.15, -0.1) is 0 Å². The van der Waals surface area contributed by atoms with E-state index in [0.29, 0.717) is 24.1 Å². The summed E-state index contributed by atoms with van der Waals surface area (Å²) < 4.78 is 22.6. The minimum atomic E-state index is -1.68. The number of fused-ring (bicyclic) bond motifs is 3. The van der Waals surface area contributed by atoms with Crippen molar-refractivity contribution in [2.75, 3.05) is 31.7 Å². The van der Waals surface area contributed by atoms with E-state index in [1.807, 2.05) is 55.5 Å². The fraction of sp³-hybridized carbons (Fsp3) is 0.617. The lowest BCUT2D eigenvalue weighted by Crippen LogP contribution is -2.60. The molecule has 10 atom stereocenters. The Morgan fingerprint density at radius 2 is 1.28 bits per heavy atom. The summed E-state index contributed by atoms with van der Waals surface area (Å²) in [5, 5.41) is 63.2. The van der Waals surface area contributed by atoms with E-state index < -0.39 is 85.5 Å². The molecule has 438 valence electrons. The van der Waals surface area contributed by atoms with Crippen LogP contribution < -0.4 is 27.0 Å². The zero-order chi connectivity index (χ0) is 57.3. The third-order valence-corrected chi connectivity index (χ3v) is 15.2. The number of hydrogen-bond acceptors (Lipinski definition) is 14. The molecule has 1 heterocycles. The van der Waals surface area contributed by atoms with Crippen molar-refractivity contribution >= 4 is 35.6 Å². The van der Waals surface area contributed by atoms with E-state index in [1.54, 1.807) is 38.1 Å². The van der Waals surface area contributed by atoms with Gasteiger partial charge in [-0.1, -0.05) is 165 Å². The number of primary amides is 1. The minimum Gasteiger partial charge on any atom is -0.449 e. The molecule has 1 aliphatic carbocycles. The van der Waals surface area contributed by atoms with Gasteiger partial charge in [0.1, 0.15) is 37.6 Å². The average molecular weight is 1100 g/mol. The molecule has 3 aromatic carbocycles. The van der Waals surface area contributed by atoms with Gasteiger partial charge >= 0.3 is 18.2 Å². The number of aliphatic hydroxyl groups is 5. The molecule has 5 rings (SSSR count). The molecule has 2 unspecified atom stereocenters. The monoisotopic (exact) mass is 1100 g/mol. The van der Waals surface area contributed by atoms with Crippen molar-refractivity contribution in [2.45, 2.75) is 192 Å². The van der Waals surface area contributed by atoms with Gasteiger partial charge in [-0.2, -0.15) is 0 Å². The number of nitrogens with one attached hydrogen (secondary N) is 4. The van der Waals surface area contributed by atoms with Gasteiger partial charge in [-0.3, -0.25) is 9.59 Å². The molecule has 19 heteroatoms. The van der Waals surface area contributed by atoms with Crippen LogP contribution in [0.1, 0.15) is 153 Å². The molecule has 1 saturated heterocycles. The molecule has 0 bridgehead atoms. The van der Waals surface area contributed by atoms with Crippen LogP contribution in [0.3, 0.4) is 0 Å². The lowest BCUT2D eigenvalue weighted by Gasteiger charge is -2.40. The minimum absolute atomic E-state index is 0.0605. The van der Waals surface area contributed by atoms with Crippen molar-refractivity contribution in [1.29, 1.82) is 0 Å². The Hall–Kier alpha value is -5.67. The van der Waals surface area contributed by atoms with Crippen LogP contribution >= 0.6 is 0 Å². The Kier molecular flexibility index (Phi) is 27.5. The van der Waals surface area contributed by atoms with Crippen molar-refractivity contribution in [3.05, 3.63) is 89.5 Å². The van der Waals surface area contributed by atoms with Crippen molar-refractivity contribution in [2.24, 2.45) is 23.5 Å². The number of alkyl carbamates (subject to hydrolysis) is 2. The lowest BCUT2D eigenvalue weighted by molar-refractivity contribution is -0.303. The van der Waals surface area contributed by atoms with Gasteiger partial charge in [-0.25, -0.2) is 14.4 Å². The Bertz CT molecular complexity index is 2290. The summed E-state index contributed by atoms with van der Waals surface area (Å²) in [6, 6.07) is 19.7. The second-order valence-electron chi connectivity index (χ2n) is 21.7. The van der Waals surface area contributed by atoms with Gasteiger partial charge in [0, 0.05) is 30.5 Å². The molecule has 1 aliphatic heterocycles. The summed E-state index contributed by atoms with van der Waals surface area (Å²) >= 11 is 0. The van der Waals surface area contributed by atoms with Crippen LogP contribution in [0.2, 0.25) is 0 Å². The number of carbonyl (C=O) groups is 5. The van der Waals surface area contributed by atoms with E-state index in [2.05, 4.69) is 28.2 Å². The summed E-state index contributed by atoms with van der Waals surface area (Å²) in [5.41, 5.74) is 10.5. The summed E-state index contributed by atoms with van der Waals surface area (Å²) in [7, 11) is 0. The number of carbonyl (C=O) groups excluding carboxylic acids is 5. The molecule has 0 spiro atoms. The number of unbranched alkanes of at least 4 members (excludes halogenated alkanes) is 11. The topological polar surface area (TPSA) is 298 Å². The van der Waals surface area contributed by atoms with Crippen molar-refractivity contribution < 1.29 is 68.5 Å². The average Bonchev–Trinajstić information content (AvgIpc) is 3.82. The number of rotatable bonds is 35. The number of ketones is 1. The molecule has 79 heavy (non-hydrogen) atoms. The molecule has 0 aromatic heterocycles. The number of benzene rings is 3. The molecule has 5 amide bonds. The molecule has 1 fully saturated rings. The van der Waals surface area contributed by atoms with Crippen molar-refractivity contribution in [3.63, 3.8) is 0 Å². The van der Waals surface area contributed by atoms with Crippen LogP contribution in [0.5, 0.6) is 0 Å². The summed E-state index contributed by atoms with van der Waals surface area (Å²) in [6.45, 7) is 6.66. The van der Waals surface area contributed by atoms with Crippen LogP contribution in [0.25, 0.3) is 11.1 Å². The maximum absolute atomic E-state index is 14.0. The first kappa shape index (κ1) is 64.2. The van der Waals surface area contributed by atoms with Gasteiger partial charge in [-0.05, 0) is 71.0 Å². The van der Waals surface area contributed by atoms with Gasteiger partial charge < -0.3 is 71.5 Å². The predicted molar refractivity (Wildman–Crippen MR) is 300 cm³/mol. The highest BCUT2D eigenvalue weighted by Gasteiger charge is 2.45. The number of anilines is 1. The predicted octanol–water partition coefficient (Wildman–Crippen LogP) is 7.71. The first-order chi connectivity index (χ1) is 38.0. The summed E-state index contributed by atoms with van der Waals surface area (Å²) in [6.07, 6.45) is 4.83. The lowest BCUT2D eigenvalue weighted by atomic mass is 9.89. The maximum Gasteiger partial charge on any atom is 0.407 e. The van der Waals surface area contributed by atoms with Crippen LogP contribution in [-0.4, -0.2) is 131 Å². The molecule has 2 aliphatic rings. The molecule has 3 aromatic rings. The van der Waals surface area contributed by atoms with Gasteiger partial charge in [0.25, 0.3) is 0 Å². The first-order valence-corrected chi connectivity index (χ1v) is 28.6. The first-order valence-electron chi connectivity index (χ1n) is 28.6. The Balaban J connectivity index is 1.14. The molecule has 0 saturated carbocycles. The number of aliphatic hydroxyl groups excluding tert-OH is 5. The van der Waals surface area contributed by atoms with Crippen LogP contribution in [0.4, 0.5) is 20.1 Å². The third kappa shape index (κ3) is 20.4. The van der Waals surface area contributed by atoms with Crippen molar-refractivity contribution in [1.82, 2.24) is 16.0 Å². The highest BCUT2D eigenvalue weighted by atomic mass is 16.7. The van der Waals surface area contributed by atoms with E-state index in [-0.39, 0.29) is 62.7 Å². The number of ether oxygens (including phenoxy) is 4. The van der Waals surface area contributed by atoms with Gasteiger partial charge in [0.15, 0.2) is 12.1 Å². The third-order valence-electron chi connectivity index (χ3n) is 15.2. The van der Waals surface area contributed by atoms with E-state index in [9.17, 15) is 49.5 Å². The highest BCUT2D eigenvalue weighted by Crippen LogP contribution is 2.44. The normalized spacial score (nSPS) is 19.7. The quantitative estimate of drug-likeness (QED) is 0.0253. The van der Waals surface area contributed by atoms with E-state index in [4.69, 9.17) is 24.7 Å². The summed E-state index contributed by atoms with van der Waals surface area (Å²) in [4.78, 5) is 65.9. The zero-order valence-electron chi connectivity index (χ0n) is 46.7. The van der Waals surface area contributed by atoms with Gasteiger partial charge in [0.2, 0.25) is 5.91 Å². The highest BCUT2D eigenvalue weighted by molar-refractivity contribution is 5.97. The zero-order valence-corrected chi connectivity index (χ0v) is 46.7. The Morgan fingerprint density at radius 1 is 0.696 bits per heavy atom. The maximum atomic E-state index is 14.0. The SMILES string of the molecule is CCCCCCCCCCCCCC[C@@H](C)[C@@H](O)[C@H](CO[C@H]1OC(CO)[C@H](O)[C@H](O)C1O)NC(=O)OCc1ccc(NC(=O)[C@H](CCCNC(N)=O)CC(=O)[C@@H](NC(=O)OCC2c3ccccc3-c3ccccc32)C(C)C)cc1. The smallest absolute Gasteiger partial charge is 0.407 e. The Labute approximate surface area is 466 Å². The number of nitrogens with two attached hydrogens (primary N) is 1. The number of urea groups is 1. The van der Waals surface area contributed by atoms with E-state index in [1.165, 1.54) is 51.4 Å². The molecule has 11 N–H and O–H groups in total. The van der Waals surface area contributed by atoms with Gasteiger partial charge in [0.05, 0.1) is 31.4 Å². The van der Waals surface area contributed by atoms with Crippen LogP contribution in [0, 0.1) is 17.8 Å². The number of Topliss-reactive ketones (excluding diaryl/α,β-unsaturated/α-hetero) is 1. The molecular weight excluding hydrogens is 1010 g/mol. The van der Waals surface area contributed by atoms with E-state index in [0.717, 1.165) is 47.9 Å². The Morgan fingerprint density at radius 3 is 1.86 bits per heavy atom. The standard InChI is InChI=1S/C60H89N5O14/c1-5-6-7-8-9-10-11-12-13-14-15-16-22-39(4)52(68)48(37-76-57-55(71)54(70)53(69)50(34-66)79-57)64-59(74)77-35-40-28-30-42(31-29-40)63-56(72)41(23-21-32-62-58(61)73)33-49(67)51(38(2)3)65-60(75)78-36-47-45-26-19-17-24-43(45)44-25-18-20-27-46(44)47/h17-20,24-31,38-39,41,47-48,50-55,57,66,68-71H,5-16,21-23,32-37H2,1-4H3,(H,63,72)(H,64,74)(H,65,75)(H3,61,62,73)/t39-,41-,48+,50?,51+,52-,53+,54+,55?,57+/m1/s1. The largest absolute Gasteiger partial charge is 0.449 e. The second kappa shape index (κ2) is 33.8. The number of amides is 5. The molecule has 19 nitrogen and oxygen atoms in total. The van der Waals surface area contributed by atoms with E-state index >= 15 is 0 Å². The molecular formula is C60H89N5O14. The number of hydrogen-bond donors (Lipinski definition) is 10. The fourth-order valence-electron chi connectivity index (χ4n) is 10.4. The molecule has 0 radical (unpaired) electrons. The summed E-state index contributed by atoms with van der Waals surface area (Å²) in [5.74, 6) is -2.52. The van der Waals surface area contributed by atoms with Crippen LogP contribution in [-0.2, 0) is 35.1 Å². The fourth-order valence-corrected chi connectivity index (χ4v) is 10.4. The van der Waals surface area contributed by atoms with Crippen LogP contribution in [0.15, 0.2) is 72.8 Å².